The molecule has 0 amide bonds. The number of dihydropyridines is 1. The van der Waals surface area contributed by atoms with Crippen LogP contribution in [0, 0.1) is 18.3 Å². The van der Waals surface area contributed by atoms with Gasteiger partial charge in [-0.1, -0.05) is 43.7 Å². The van der Waals surface area contributed by atoms with E-state index in [-0.39, 0.29) is 39.6 Å². The molecule has 10 heteroatoms. The zero-order chi connectivity index (χ0) is 29.0. The smallest absolute Gasteiger partial charge is 0.416 e. The quantitative estimate of drug-likeness (QED) is 0.371. The molecule has 1 heterocycles. The van der Waals surface area contributed by atoms with Crippen LogP contribution in [0.1, 0.15) is 61.8 Å². The van der Waals surface area contributed by atoms with Gasteiger partial charge >= 0.3 is 12.1 Å². The molecule has 0 spiro atoms. The Kier molecular flexibility index (Phi) is 9.28. The van der Waals surface area contributed by atoms with Crippen LogP contribution in [-0.2, 0) is 32.0 Å². The van der Waals surface area contributed by atoms with Crippen LogP contribution in [0.5, 0.6) is 0 Å². The molecule has 0 aromatic heterocycles. The van der Waals surface area contributed by atoms with E-state index in [1.807, 2.05) is 6.07 Å². The summed E-state index contributed by atoms with van der Waals surface area (Å²) in [5.74, 6) is -3.17. The third-order valence-corrected chi connectivity index (χ3v) is 8.36. The highest BCUT2D eigenvalue weighted by Crippen LogP contribution is 2.44. The molecule has 39 heavy (non-hydrogen) atoms. The summed E-state index contributed by atoms with van der Waals surface area (Å²) < 4.78 is 74.4. The van der Waals surface area contributed by atoms with Gasteiger partial charge in [0.25, 0.3) is 0 Å². The Balaban J connectivity index is 2.22. The Labute approximate surface area is 227 Å². The fraction of sp³-hybridized carbons (Fsp3) is 0.379. The van der Waals surface area contributed by atoms with Crippen LogP contribution < -0.4 is 5.32 Å². The van der Waals surface area contributed by atoms with Gasteiger partial charge in [0.2, 0.25) is 0 Å². The first-order chi connectivity index (χ1) is 18.3. The van der Waals surface area contributed by atoms with Crippen molar-refractivity contribution < 1.29 is 31.1 Å². The normalized spacial score (nSPS) is 16.1. The molecular weight excluding hydrogens is 529 g/mol. The first kappa shape index (κ1) is 30.0. The lowest BCUT2D eigenvalue weighted by molar-refractivity contribution is -0.140. The Bertz CT molecular complexity index is 1470. The van der Waals surface area contributed by atoms with Crippen molar-refractivity contribution in [3.8, 4) is 6.07 Å². The number of esters is 1. The topological polar surface area (TPSA) is 96.3 Å². The van der Waals surface area contributed by atoms with E-state index in [1.165, 1.54) is 38.1 Å². The number of unbranched alkanes of at least 4 members (excludes halogenated alkanes) is 1. The Morgan fingerprint density at radius 3 is 2.41 bits per heavy atom. The van der Waals surface area contributed by atoms with E-state index >= 15 is 0 Å². The lowest BCUT2D eigenvalue weighted by atomic mass is 9.79. The maximum absolute atomic E-state index is 14.0. The number of nitrogens with one attached hydrogen (secondary N) is 1. The molecule has 1 unspecified atom stereocenters. The van der Waals surface area contributed by atoms with Gasteiger partial charge in [-0.3, -0.25) is 0 Å². The van der Waals surface area contributed by atoms with Crippen molar-refractivity contribution in [1.29, 1.82) is 5.26 Å². The number of hydrogen-bond acceptors (Lipinski definition) is 6. The standard InChI is InChI=1S/C29H31F3N2O4S/c1-5-7-10-20-13-14-25(18(3)15-20)39(36,37)17-24-27(28(35)38-6-2)26(22(16-33)19(4)34-24)21-11-8-9-12-23(21)29(30,31)32/h8-9,11-15,26,34H,5-7,10,17H2,1-4H3. The highest BCUT2D eigenvalue weighted by molar-refractivity contribution is 7.91. The summed E-state index contributed by atoms with van der Waals surface area (Å²) in [6.07, 6.45) is -2.03. The predicted molar refractivity (Wildman–Crippen MR) is 141 cm³/mol. The number of benzene rings is 2. The van der Waals surface area contributed by atoms with Crippen molar-refractivity contribution in [3.05, 3.63) is 87.3 Å². The number of carbonyl (C=O) groups excluding carboxylic acids is 1. The third kappa shape index (κ3) is 6.53. The SMILES string of the molecule is CCCCc1ccc(S(=O)(=O)CC2=C(C(=O)OCC)C(c3ccccc3C(F)(F)F)C(C#N)=C(C)N2)c(C)c1. The van der Waals surface area contributed by atoms with Crippen molar-refractivity contribution >= 4 is 15.8 Å². The van der Waals surface area contributed by atoms with Gasteiger partial charge in [0.15, 0.2) is 9.84 Å². The summed E-state index contributed by atoms with van der Waals surface area (Å²) in [6.45, 7) is 6.63. The molecule has 1 aliphatic heterocycles. The van der Waals surface area contributed by atoms with Crippen LogP contribution in [0.15, 0.2) is 69.9 Å². The summed E-state index contributed by atoms with van der Waals surface area (Å²) in [7, 11) is -4.06. The van der Waals surface area contributed by atoms with Crippen LogP contribution in [0.2, 0.25) is 0 Å². The average Bonchev–Trinajstić information content (AvgIpc) is 2.86. The molecule has 2 aromatic rings. The molecule has 0 fully saturated rings. The molecule has 0 saturated heterocycles. The molecule has 0 bridgehead atoms. The van der Waals surface area contributed by atoms with E-state index in [1.54, 1.807) is 19.1 Å². The third-order valence-electron chi connectivity index (χ3n) is 6.57. The van der Waals surface area contributed by atoms with Gasteiger partial charge < -0.3 is 10.1 Å². The number of carbonyl (C=O) groups is 1. The monoisotopic (exact) mass is 560 g/mol. The number of alkyl halides is 3. The van der Waals surface area contributed by atoms with Crippen LogP contribution in [0.25, 0.3) is 0 Å². The number of ether oxygens (including phenoxy) is 1. The molecule has 3 rings (SSSR count). The second kappa shape index (κ2) is 12.1. The van der Waals surface area contributed by atoms with Crippen molar-refractivity contribution in [2.24, 2.45) is 0 Å². The van der Waals surface area contributed by atoms with Crippen molar-refractivity contribution in [2.45, 2.75) is 63.9 Å². The summed E-state index contributed by atoms with van der Waals surface area (Å²) in [5.41, 5.74) is -0.273. The van der Waals surface area contributed by atoms with Gasteiger partial charge in [-0.15, -0.1) is 0 Å². The van der Waals surface area contributed by atoms with Gasteiger partial charge in [0.1, 0.15) is 0 Å². The van der Waals surface area contributed by atoms with Crippen molar-refractivity contribution in [2.75, 3.05) is 12.4 Å². The number of aryl methyl sites for hydroxylation is 2. The van der Waals surface area contributed by atoms with Crippen molar-refractivity contribution in [3.63, 3.8) is 0 Å². The molecule has 1 aliphatic rings. The number of nitriles is 1. The minimum atomic E-state index is -4.78. The zero-order valence-corrected chi connectivity index (χ0v) is 23.1. The lowest BCUT2D eigenvalue weighted by Gasteiger charge is -2.31. The van der Waals surface area contributed by atoms with Crippen LogP contribution in [0.3, 0.4) is 0 Å². The highest BCUT2D eigenvalue weighted by atomic mass is 32.2. The molecule has 0 saturated carbocycles. The molecule has 1 atom stereocenters. The minimum Gasteiger partial charge on any atom is -0.463 e. The van der Waals surface area contributed by atoms with Crippen LogP contribution in [0.4, 0.5) is 13.2 Å². The van der Waals surface area contributed by atoms with Gasteiger partial charge in [0, 0.05) is 11.4 Å². The van der Waals surface area contributed by atoms with E-state index in [0.29, 0.717) is 5.56 Å². The summed E-state index contributed by atoms with van der Waals surface area (Å²) in [4.78, 5) is 13.3. The number of nitrogens with zero attached hydrogens (tertiary/aromatic N) is 1. The molecule has 1 N–H and O–H groups in total. The molecule has 6 nitrogen and oxygen atoms in total. The van der Waals surface area contributed by atoms with Gasteiger partial charge in [-0.25, -0.2) is 13.2 Å². The number of allylic oxidation sites excluding steroid dienone is 2. The minimum absolute atomic E-state index is 0.0558. The summed E-state index contributed by atoms with van der Waals surface area (Å²) in [5, 5.41) is 12.7. The second-order valence-corrected chi connectivity index (χ2v) is 11.3. The largest absolute Gasteiger partial charge is 0.463 e. The maximum Gasteiger partial charge on any atom is 0.416 e. The fourth-order valence-electron chi connectivity index (χ4n) is 4.79. The molecule has 0 radical (unpaired) electrons. The van der Waals surface area contributed by atoms with Crippen LogP contribution >= 0.6 is 0 Å². The van der Waals surface area contributed by atoms with Gasteiger partial charge in [-0.2, -0.15) is 18.4 Å². The molecule has 208 valence electrons. The second-order valence-electron chi connectivity index (χ2n) is 9.37. The number of hydrogen-bond donors (Lipinski definition) is 1. The fourth-order valence-corrected chi connectivity index (χ4v) is 6.38. The van der Waals surface area contributed by atoms with E-state index in [4.69, 9.17) is 4.74 Å². The Hall–Kier alpha value is -3.58. The first-order valence-corrected chi connectivity index (χ1v) is 14.3. The Morgan fingerprint density at radius 1 is 1.13 bits per heavy atom. The van der Waals surface area contributed by atoms with E-state index in [9.17, 15) is 31.6 Å². The first-order valence-electron chi connectivity index (χ1n) is 12.6. The van der Waals surface area contributed by atoms with Gasteiger partial charge in [0.05, 0.1) is 46.0 Å². The number of halogens is 3. The van der Waals surface area contributed by atoms with Gasteiger partial charge in [-0.05, 0) is 62.4 Å². The average molecular weight is 561 g/mol. The molecule has 0 aliphatic carbocycles. The number of rotatable bonds is 9. The molecule has 2 aromatic carbocycles. The van der Waals surface area contributed by atoms with E-state index in [0.717, 1.165) is 30.9 Å². The zero-order valence-electron chi connectivity index (χ0n) is 22.3. The predicted octanol–water partition coefficient (Wildman–Crippen LogP) is 6.13. The highest BCUT2D eigenvalue weighted by Gasteiger charge is 2.42. The Morgan fingerprint density at radius 2 is 1.82 bits per heavy atom. The molecular formula is C29H31F3N2O4S. The van der Waals surface area contributed by atoms with Crippen molar-refractivity contribution in [1.82, 2.24) is 5.32 Å². The maximum atomic E-state index is 14.0. The summed E-state index contributed by atoms with van der Waals surface area (Å²) in [6, 6.07) is 11.6. The number of sulfone groups is 1. The van der Waals surface area contributed by atoms with E-state index in [2.05, 4.69) is 12.2 Å². The van der Waals surface area contributed by atoms with Crippen LogP contribution in [-0.4, -0.2) is 26.7 Å². The van der Waals surface area contributed by atoms with E-state index < -0.39 is 39.2 Å². The lowest BCUT2D eigenvalue weighted by Crippen LogP contribution is -2.33. The summed E-state index contributed by atoms with van der Waals surface area (Å²) >= 11 is 0.